The van der Waals surface area contributed by atoms with E-state index in [1.54, 1.807) is 18.2 Å². The van der Waals surface area contributed by atoms with Crippen LogP contribution in [-0.2, 0) is 22.7 Å². The van der Waals surface area contributed by atoms with Gasteiger partial charge in [-0.2, -0.15) is 0 Å². The highest BCUT2D eigenvalue weighted by Gasteiger charge is 2.05. The van der Waals surface area contributed by atoms with Gasteiger partial charge in [-0.05, 0) is 17.2 Å². The van der Waals surface area contributed by atoms with Gasteiger partial charge in [0, 0.05) is 5.02 Å². The zero-order chi connectivity index (χ0) is 11.1. The summed E-state index contributed by atoms with van der Waals surface area (Å²) in [5, 5.41) is 0.493. The zero-order valence-electron chi connectivity index (χ0n) is 7.74. The van der Waals surface area contributed by atoms with Crippen LogP contribution in [0.2, 0.25) is 5.02 Å². The Hall–Kier alpha value is -1.73. The van der Waals surface area contributed by atoms with Crippen molar-refractivity contribution in [3.05, 3.63) is 34.3 Å². The van der Waals surface area contributed by atoms with Gasteiger partial charge in [-0.25, -0.2) is 19.6 Å². The standard InChI is InChI=1S/C10H7ClN2O2/c11-10-3-1-2-8(4-12-6-14)9(10)5-13-7-15/h1-3H,4-5H2. The summed E-state index contributed by atoms with van der Waals surface area (Å²) in [7, 11) is 0. The van der Waals surface area contributed by atoms with Gasteiger partial charge in [0.2, 0.25) is 12.2 Å². The van der Waals surface area contributed by atoms with Crippen LogP contribution >= 0.6 is 11.6 Å². The number of carbonyl (C=O) groups excluding carboxylic acids is 2. The van der Waals surface area contributed by atoms with Gasteiger partial charge in [0.1, 0.15) is 0 Å². The lowest BCUT2D eigenvalue weighted by atomic mass is 10.1. The highest BCUT2D eigenvalue weighted by atomic mass is 35.5. The van der Waals surface area contributed by atoms with Crippen LogP contribution in [0, 0.1) is 0 Å². The summed E-state index contributed by atoms with van der Waals surface area (Å²) in [5.41, 5.74) is 1.44. The monoisotopic (exact) mass is 222 g/mol. The van der Waals surface area contributed by atoms with Crippen LogP contribution in [0.25, 0.3) is 0 Å². The lowest BCUT2D eigenvalue weighted by Gasteiger charge is -2.05. The van der Waals surface area contributed by atoms with E-state index in [9.17, 15) is 9.59 Å². The Morgan fingerprint density at radius 1 is 1.13 bits per heavy atom. The highest BCUT2D eigenvalue weighted by molar-refractivity contribution is 6.31. The van der Waals surface area contributed by atoms with Crippen molar-refractivity contribution < 1.29 is 9.59 Å². The van der Waals surface area contributed by atoms with Gasteiger partial charge in [0.25, 0.3) is 0 Å². The van der Waals surface area contributed by atoms with E-state index in [1.165, 1.54) is 12.2 Å². The maximum atomic E-state index is 9.99. The van der Waals surface area contributed by atoms with E-state index in [0.717, 1.165) is 5.56 Å². The predicted molar refractivity (Wildman–Crippen MR) is 55.1 cm³/mol. The number of isocyanates is 2. The van der Waals surface area contributed by atoms with Gasteiger partial charge >= 0.3 is 0 Å². The highest BCUT2D eigenvalue weighted by Crippen LogP contribution is 2.21. The molecule has 0 unspecified atom stereocenters. The lowest BCUT2D eigenvalue weighted by molar-refractivity contribution is 0.561. The molecule has 1 aromatic rings. The average molecular weight is 223 g/mol. The Kier molecular flexibility index (Phi) is 4.45. The number of benzene rings is 1. The van der Waals surface area contributed by atoms with Crippen LogP contribution < -0.4 is 0 Å². The van der Waals surface area contributed by atoms with Crippen LogP contribution in [0.1, 0.15) is 11.1 Å². The minimum atomic E-state index is 0.146. The zero-order valence-corrected chi connectivity index (χ0v) is 8.49. The Morgan fingerprint density at radius 3 is 2.47 bits per heavy atom. The summed E-state index contributed by atoms with van der Waals surface area (Å²) in [6.45, 7) is 0.334. The molecule has 0 atom stereocenters. The van der Waals surface area contributed by atoms with E-state index in [4.69, 9.17) is 11.6 Å². The number of hydrogen-bond donors (Lipinski definition) is 0. The van der Waals surface area contributed by atoms with Crippen molar-refractivity contribution >= 4 is 23.8 Å². The van der Waals surface area contributed by atoms with Crippen LogP contribution in [0.4, 0.5) is 0 Å². The van der Waals surface area contributed by atoms with E-state index < -0.39 is 0 Å². The molecule has 0 amide bonds. The maximum absolute atomic E-state index is 9.99. The number of halogens is 1. The van der Waals surface area contributed by atoms with E-state index in [0.29, 0.717) is 10.6 Å². The third kappa shape index (κ3) is 3.15. The van der Waals surface area contributed by atoms with Crippen molar-refractivity contribution in [3.63, 3.8) is 0 Å². The van der Waals surface area contributed by atoms with Crippen molar-refractivity contribution in [2.75, 3.05) is 0 Å². The molecule has 0 fully saturated rings. The normalized spacial score (nSPS) is 8.87. The van der Waals surface area contributed by atoms with Crippen LogP contribution in [0.15, 0.2) is 28.2 Å². The summed E-state index contributed by atoms with van der Waals surface area (Å²) >= 11 is 5.91. The van der Waals surface area contributed by atoms with Crippen molar-refractivity contribution in [2.45, 2.75) is 13.1 Å². The summed E-state index contributed by atoms with van der Waals surface area (Å²) in [4.78, 5) is 26.9. The molecular formula is C10H7ClN2O2. The number of nitrogens with zero attached hydrogens (tertiary/aromatic N) is 2. The Labute approximate surface area is 91.3 Å². The summed E-state index contributed by atoms with van der Waals surface area (Å²) in [6.07, 6.45) is 2.88. The molecule has 0 bridgehead atoms. The summed E-state index contributed by atoms with van der Waals surface area (Å²) in [6, 6.07) is 5.19. The Balaban J connectivity index is 3.06. The first-order valence-corrected chi connectivity index (χ1v) is 4.51. The fourth-order valence-electron chi connectivity index (χ4n) is 1.16. The topological polar surface area (TPSA) is 58.9 Å². The third-order valence-electron chi connectivity index (χ3n) is 1.83. The molecule has 0 aliphatic heterocycles. The molecular weight excluding hydrogens is 216 g/mol. The van der Waals surface area contributed by atoms with Crippen LogP contribution in [-0.4, -0.2) is 12.2 Å². The van der Waals surface area contributed by atoms with Crippen molar-refractivity contribution in [1.82, 2.24) is 0 Å². The molecule has 0 heterocycles. The van der Waals surface area contributed by atoms with Crippen molar-refractivity contribution in [3.8, 4) is 0 Å². The van der Waals surface area contributed by atoms with Gasteiger partial charge in [0.15, 0.2) is 0 Å². The van der Waals surface area contributed by atoms with Gasteiger partial charge in [-0.1, -0.05) is 23.7 Å². The first-order valence-electron chi connectivity index (χ1n) is 4.13. The van der Waals surface area contributed by atoms with E-state index >= 15 is 0 Å². The molecule has 0 radical (unpaired) electrons. The SMILES string of the molecule is O=C=NCc1cccc(Cl)c1CN=C=O. The second-order valence-corrected chi connectivity index (χ2v) is 3.10. The molecule has 5 heteroatoms. The van der Waals surface area contributed by atoms with Crippen molar-refractivity contribution in [1.29, 1.82) is 0 Å². The second kappa shape index (κ2) is 5.89. The molecule has 15 heavy (non-hydrogen) atoms. The first-order chi connectivity index (χ1) is 7.29. The first kappa shape index (κ1) is 11.3. The molecule has 76 valence electrons. The summed E-state index contributed by atoms with van der Waals surface area (Å²) < 4.78 is 0. The fourth-order valence-corrected chi connectivity index (χ4v) is 1.41. The molecule has 1 aromatic carbocycles. The Morgan fingerprint density at radius 2 is 1.80 bits per heavy atom. The van der Waals surface area contributed by atoms with E-state index in [2.05, 4.69) is 9.98 Å². The van der Waals surface area contributed by atoms with Gasteiger partial charge in [-0.3, -0.25) is 0 Å². The number of hydrogen-bond acceptors (Lipinski definition) is 4. The van der Waals surface area contributed by atoms with E-state index in [1.807, 2.05) is 0 Å². The number of rotatable bonds is 4. The van der Waals surface area contributed by atoms with E-state index in [-0.39, 0.29) is 13.1 Å². The lowest BCUT2D eigenvalue weighted by Crippen LogP contribution is -1.93. The third-order valence-corrected chi connectivity index (χ3v) is 2.19. The summed E-state index contributed by atoms with van der Waals surface area (Å²) in [5.74, 6) is 0. The van der Waals surface area contributed by atoms with Crippen molar-refractivity contribution in [2.24, 2.45) is 9.98 Å². The number of aliphatic imine (C=N–C) groups is 2. The minimum Gasteiger partial charge on any atom is -0.211 e. The maximum Gasteiger partial charge on any atom is 0.235 e. The molecule has 0 saturated carbocycles. The largest absolute Gasteiger partial charge is 0.235 e. The molecule has 0 spiro atoms. The predicted octanol–water partition coefficient (Wildman–Crippen LogP) is 2.01. The van der Waals surface area contributed by atoms with Crippen LogP contribution in [0.5, 0.6) is 0 Å². The van der Waals surface area contributed by atoms with Gasteiger partial charge in [-0.15, -0.1) is 0 Å². The molecule has 0 aliphatic rings. The molecule has 0 aromatic heterocycles. The van der Waals surface area contributed by atoms with Crippen LogP contribution in [0.3, 0.4) is 0 Å². The molecule has 0 N–H and O–H groups in total. The van der Waals surface area contributed by atoms with Gasteiger partial charge < -0.3 is 0 Å². The molecule has 1 rings (SSSR count). The fraction of sp³-hybridized carbons (Fsp3) is 0.200. The second-order valence-electron chi connectivity index (χ2n) is 2.69. The Bertz CT molecular complexity index is 447. The molecule has 0 saturated heterocycles. The quantitative estimate of drug-likeness (QED) is 0.578. The smallest absolute Gasteiger partial charge is 0.211 e. The minimum absolute atomic E-state index is 0.146. The molecule has 4 nitrogen and oxygen atoms in total. The average Bonchev–Trinajstić information content (AvgIpc) is 2.25. The molecule has 0 aliphatic carbocycles. The van der Waals surface area contributed by atoms with Gasteiger partial charge in [0.05, 0.1) is 13.1 Å².